The third-order valence-electron chi connectivity index (χ3n) is 4.87. The Bertz CT molecular complexity index is 1340. The van der Waals surface area contributed by atoms with Gasteiger partial charge in [0, 0.05) is 5.02 Å². The first-order chi connectivity index (χ1) is 14.8. The Morgan fingerprint density at radius 2 is 1.84 bits per heavy atom. The molecule has 0 saturated heterocycles. The SMILES string of the molecule is CC1=C(C(=O)OC(C)C)[C@@H](c2ccc(Cl)cc2)n2c(s/c(=C\c3ccccc3)c2=O)=N1. The van der Waals surface area contributed by atoms with Gasteiger partial charge in [-0.15, -0.1) is 0 Å². The predicted octanol–water partition coefficient (Wildman–Crippen LogP) is 3.84. The van der Waals surface area contributed by atoms with Crippen LogP contribution in [0.25, 0.3) is 6.08 Å². The summed E-state index contributed by atoms with van der Waals surface area (Å²) in [6, 6.07) is 16.1. The fraction of sp³-hybridized carbons (Fsp3) is 0.208. The van der Waals surface area contributed by atoms with E-state index >= 15 is 0 Å². The van der Waals surface area contributed by atoms with Crippen molar-refractivity contribution in [1.82, 2.24) is 4.57 Å². The highest BCUT2D eigenvalue weighted by atomic mass is 35.5. The number of ether oxygens (including phenoxy) is 1. The molecule has 1 aromatic heterocycles. The standard InChI is InChI=1S/C24H21ClN2O3S/c1-14(2)30-23(29)20-15(3)26-24-27(21(20)17-9-11-18(25)12-10-17)22(28)19(31-24)13-16-7-5-4-6-8-16/h4-14,21H,1-3H3/b19-13-/t21-/m1/s1. The van der Waals surface area contributed by atoms with Crippen molar-refractivity contribution in [2.45, 2.75) is 32.9 Å². The van der Waals surface area contributed by atoms with Crippen molar-refractivity contribution in [3.05, 3.63) is 102 Å². The lowest BCUT2D eigenvalue weighted by Crippen LogP contribution is -2.40. The molecule has 1 aliphatic heterocycles. The van der Waals surface area contributed by atoms with Crippen LogP contribution < -0.4 is 14.9 Å². The lowest BCUT2D eigenvalue weighted by molar-refractivity contribution is -0.143. The summed E-state index contributed by atoms with van der Waals surface area (Å²) in [4.78, 5) is 31.6. The first kappa shape index (κ1) is 21.3. The number of allylic oxidation sites excluding steroid dienone is 1. The van der Waals surface area contributed by atoms with E-state index < -0.39 is 12.0 Å². The fourth-order valence-corrected chi connectivity index (χ4v) is 4.69. The molecule has 1 aliphatic rings. The molecule has 0 amide bonds. The highest BCUT2D eigenvalue weighted by Gasteiger charge is 2.33. The molecule has 0 spiro atoms. The molecule has 0 fully saturated rings. The second-order valence-corrected chi connectivity index (χ2v) is 8.94. The van der Waals surface area contributed by atoms with Crippen LogP contribution in [0.15, 0.2) is 75.7 Å². The van der Waals surface area contributed by atoms with Crippen LogP contribution in [0.1, 0.15) is 37.9 Å². The van der Waals surface area contributed by atoms with Gasteiger partial charge in [0.2, 0.25) is 0 Å². The van der Waals surface area contributed by atoms with Gasteiger partial charge in [0.15, 0.2) is 4.80 Å². The summed E-state index contributed by atoms with van der Waals surface area (Å²) in [7, 11) is 0. The van der Waals surface area contributed by atoms with E-state index in [1.54, 1.807) is 37.5 Å². The third-order valence-corrected chi connectivity index (χ3v) is 6.10. The Morgan fingerprint density at radius 1 is 1.16 bits per heavy atom. The second-order valence-electron chi connectivity index (χ2n) is 7.50. The molecule has 2 aromatic carbocycles. The molecule has 0 N–H and O–H groups in total. The Labute approximate surface area is 188 Å². The van der Waals surface area contributed by atoms with Crippen LogP contribution in [-0.2, 0) is 9.53 Å². The molecule has 4 rings (SSSR count). The van der Waals surface area contributed by atoms with Crippen molar-refractivity contribution in [1.29, 1.82) is 0 Å². The van der Waals surface area contributed by atoms with Crippen molar-refractivity contribution in [3.63, 3.8) is 0 Å². The maximum Gasteiger partial charge on any atom is 0.338 e. The predicted molar refractivity (Wildman–Crippen MR) is 123 cm³/mol. The molecule has 7 heteroatoms. The van der Waals surface area contributed by atoms with E-state index in [0.29, 0.717) is 25.6 Å². The summed E-state index contributed by atoms with van der Waals surface area (Å²) in [5, 5.41) is 0.576. The van der Waals surface area contributed by atoms with Crippen LogP contribution in [0, 0.1) is 0 Å². The zero-order valence-corrected chi connectivity index (χ0v) is 18.9. The first-order valence-electron chi connectivity index (χ1n) is 9.89. The van der Waals surface area contributed by atoms with Crippen LogP contribution in [0.4, 0.5) is 0 Å². The Hall–Kier alpha value is -2.96. The van der Waals surface area contributed by atoms with Gasteiger partial charge in [0.1, 0.15) is 0 Å². The van der Waals surface area contributed by atoms with E-state index in [4.69, 9.17) is 16.3 Å². The number of carbonyl (C=O) groups is 1. The number of rotatable bonds is 4. The number of fused-ring (bicyclic) bond motifs is 1. The van der Waals surface area contributed by atoms with Gasteiger partial charge in [-0.25, -0.2) is 9.79 Å². The summed E-state index contributed by atoms with van der Waals surface area (Å²) in [6.07, 6.45) is 1.55. The highest BCUT2D eigenvalue weighted by molar-refractivity contribution is 7.07. The van der Waals surface area contributed by atoms with Crippen molar-refractivity contribution < 1.29 is 9.53 Å². The van der Waals surface area contributed by atoms with Crippen molar-refractivity contribution in [3.8, 4) is 0 Å². The molecule has 0 bridgehead atoms. The highest BCUT2D eigenvalue weighted by Crippen LogP contribution is 2.31. The molecule has 0 aliphatic carbocycles. The van der Waals surface area contributed by atoms with Crippen LogP contribution in [0.2, 0.25) is 5.02 Å². The molecule has 31 heavy (non-hydrogen) atoms. The van der Waals surface area contributed by atoms with E-state index in [9.17, 15) is 9.59 Å². The molecular weight excluding hydrogens is 432 g/mol. The average molecular weight is 453 g/mol. The number of hydrogen-bond donors (Lipinski definition) is 0. The van der Waals surface area contributed by atoms with Gasteiger partial charge in [-0.3, -0.25) is 9.36 Å². The van der Waals surface area contributed by atoms with Crippen molar-refractivity contribution in [2.75, 3.05) is 0 Å². The average Bonchev–Trinajstić information content (AvgIpc) is 3.02. The van der Waals surface area contributed by atoms with E-state index in [1.807, 2.05) is 48.5 Å². The van der Waals surface area contributed by atoms with E-state index in [1.165, 1.54) is 11.3 Å². The van der Waals surface area contributed by atoms with Crippen LogP contribution in [0.5, 0.6) is 0 Å². The molecule has 158 valence electrons. The number of benzene rings is 2. The van der Waals surface area contributed by atoms with Gasteiger partial charge < -0.3 is 4.74 Å². The minimum Gasteiger partial charge on any atom is -0.459 e. The summed E-state index contributed by atoms with van der Waals surface area (Å²) in [5.41, 5.74) is 2.38. The lowest BCUT2D eigenvalue weighted by Gasteiger charge is -2.25. The molecule has 3 aromatic rings. The zero-order chi connectivity index (χ0) is 22.1. The fourth-order valence-electron chi connectivity index (χ4n) is 3.52. The van der Waals surface area contributed by atoms with E-state index in [0.717, 1.165) is 11.1 Å². The number of halogens is 1. The smallest absolute Gasteiger partial charge is 0.338 e. The molecule has 0 radical (unpaired) electrons. The maximum atomic E-state index is 13.4. The summed E-state index contributed by atoms with van der Waals surface area (Å²) in [6.45, 7) is 5.36. The Balaban J connectivity index is 1.95. The Morgan fingerprint density at radius 3 is 2.48 bits per heavy atom. The zero-order valence-electron chi connectivity index (χ0n) is 17.3. The number of hydrogen-bond acceptors (Lipinski definition) is 5. The van der Waals surface area contributed by atoms with Crippen molar-refractivity contribution >= 4 is 35.0 Å². The van der Waals surface area contributed by atoms with Crippen LogP contribution >= 0.6 is 22.9 Å². The summed E-state index contributed by atoms with van der Waals surface area (Å²) < 4.78 is 7.62. The largest absolute Gasteiger partial charge is 0.459 e. The lowest BCUT2D eigenvalue weighted by atomic mass is 9.96. The van der Waals surface area contributed by atoms with Gasteiger partial charge in [-0.2, -0.15) is 0 Å². The van der Waals surface area contributed by atoms with Gasteiger partial charge in [0.05, 0.1) is 27.9 Å². The van der Waals surface area contributed by atoms with Gasteiger partial charge in [0.25, 0.3) is 5.56 Å². The number of nitrogens with zero attached hydrogens (tertiary/aromatic N) is 2. The van der Waals surface area contributed by atoms with Crippen LogP contribution in [0.3, 0.4) is 0 Å². The van der Waals surface area contributed by atoms with Crippen LogP contribution in [-0.4, -0.2) is 16.6 Å². The van der Waals surface area contributed by atoms with E-state index in [-0.39, 0.29) is 11.7 Å². The van der Waals surface area contributed by atoms with Gasteiger partial charge in [-0.05, 0) is 50.1 Å². The van der Waals surface area contributed by atoms with Gasteiger partial charge >= 0.3 is 5.97 Å². The molecule has 0 saturated carbocycles. The normalized spacial score (nSPS) is 16.3. The topological polar surface area (TPSA) is 60.7 Å². The minimum absolute atomic E-state index is 0.199. The monoisotopic (exact) mass is 452 g/mol. The molecule has 1 atom stereocenters. The molecule has 2 heterocycles. The van der Waals surface area contributed by atoms with Gasteiger partial charge in [-0.1, -0.05) is 65.4 Å². The number of aromatic nitrogens is 1. The number of esters is 1. The third kappa shape index (κ3) is 4.27. The Kier molecular flexibility index (Phi) is 5.94. The summed E-state index contributed by atoms with van der Waals surface area (Å²) >= 11 is 7.38. The summed E-state index contributed by atoms with van der Waals surface area (Å²) in [5.74, 6) is -0.478. The van der Waals surface area contributed by atoms with Crippen molar-refractivity contribution in [2.24, 2.45) is 4.99 Å². The number of thiazole rings is 1. The van der Waals surface area contributed by atoms with E-state index in [2.05, 4.69) is 4.99 Å². The number of carbonyl (C=O) groups excluding carboxylic acids is 1. The maximum absolute atomic E-state index is 13.4. The molecular formula is C24H21ClN2O3S. The first-order valence-corrected chi connectivity index (χ1v) is 11.1. The minimum atomic E-state index is -0.641. The molecule has 0 unspecified atom stereocenters. The molecule has 5 nitrogen and oxygen atoms in total. The quantitative estimate of drug-likeness (QED) is 0.565. The second kappa shape index (κ2) is 8.65.